The van der Waals surface area contributed by atoms with Gasteiger partial charge in [-0.1, -0.05) is 97.1 Å². The molecule has 7 aromatic carbocycles. The lowest BCUT2D eigenvalue weighted by Gasteiger charge is -2.11. The van der Waals surface area contributed by atoms with E-state index in [0.29, 0.717) is 17.6 Å². The average molecular weight is 629 g/mol. The molecule has 0 bridgehead atoms. The molecule has 228 valence electrons. The molecule has 0 spiro atoms. The summed E-state index contributed by atoms with van der Waals surface area (Å²) in [7, 11) is 0. The molecule has 6 nitrogen and oxygen atoms in total. The molecule has 4 aromatic heterocycles. The Morgan fingerprint density at radius 1 is 0.408 bits per heavy atom. The molecule has 4 heterocycles. The van der Waals surface area contributed by atoms with E-state index >= 15 is 0 Å². The van der Waals surface area contributed by atoms with Crippen molar-refractivity contribution in [2.24, 2.45) is 0 Å². The number of aromatic nitrogens is 4. The highest BCUT2D eigenvalue weighted by molar-refractivity contribution is 6.24. The Labute approximate surface area is 278 Å². The Kier molecular flexibility index (Phi) is 5.29. The molecule has 11 aromatic rings. The van der Waals surface area contributed by atoms with Crippen molar-refractivity contribution in [1.29, 1.82) is 0 Å². The normalized spacial score (nSPS) is 12.1. The first kappa shape index (κ1) is 26.3. The van der Waals surface area contributed by atoms with Crippen LogP contribution in [-0.4, -0.2) is 19.5 Å². The zero-order valence-corrected chi connectivity index (χ0v) is 26.0. The third-order valence-electron chi connectivity index (χ3n) is 9.65. The maximum atomic E-state index is 6.53. The maximum Gasteiger partial charge on any atom is 0.238 e. The predicted molar refractivity (Wildman–Crippen MR) is 197 cm³/mol. The second-order valence-electron chi connectivity index (χ2n) is 12.4. The first-order chi connectivity index (χ1) is 24.3. The number of para-hydroxylation sites is 2. The van der Waals surface area contributed by atoms with Gasteiger partial charge in [0.25, 0.3) is 0 Å². The van der Waals surface area contributed by atoms with Crippen molar-refractivity contribution in [2.75, 3.05) is 0 Å². The third kappa shape index (κ3) is 3.79. The van der Waals surface area contributed by atoms with E-state index in [9.17, 15) is 0 Å². The highest BCUT2D eigenvalue weighted by atomic mass is 16.3. The highest BCUT2D eigenvalue weighted by Crippen LogP contribution is 2.41. The number of fused-ring (bicyclic) bond motifs is 12. The zero-order valence-electron chi connectivity index (χ0n) is 26.0. The van der Waals surface area contributed by atoms with E-state index in [-0.39, 0.29) is 0 Å². The van der Waals surface area contributed by atoms with Crippen LogP contribution < -0.4 is 0 Å². The van der Waals surface area contributed by atoms with Crippen LogP contribution in [-0.2, 0) is 0 Å². The molecule has 0 unspecified atom stereocenters. The van der Waals surface area contributed by atoms with Crippen LogP contribution in [0.3, 0.4) is 0 Å². The van der Waals surface area contributed by atoms with E-state index in [1.807, 2.05) is 66.7 Å². The van der Waals surface area contributed by atoms with Gasteiger partial charge in [0.05, 0.1) is 16.4 Å². The van der Waals surface area contributed by atoms with Crippen molar-refractivity contribution in [2.45, 2.75) is 0 Å². The summed E-state index contributed by atoms with van der Waals surface area (Å²) in [5, 5.41) is 8.72. The summed E-state index contributed by atoms with van der Waals surface area (Å²) < 4.78 is 15.0. The van der Waals surface area contributed by atoms with Gasteiger partial charge in [-0.15, -0.1) is 0 Å². The molecule has 0 aliphatic rings. The van der Waals surface area contributed by atoms with Crippen LogP contribution >= 0.6 is 0 Å². The Bertz CT molecular complexity index is 3120. The summed E-state index contributed by atoms with van der Waals surface area (Å²) in [6.45, 7) is 0. The summed E-state index contributed by atoms with van der Waals surface area (Å²) in [5.74, 6) is 1.71. The molecule has 6 heteroatoms. The number of rotatable bonds is 3. The van der Waals surface area contributed by atoms with Crippen LogP contribution in [0.15, 0.2) is 154 Å². The van der Waals surface area contributed by atoms with Crippen molar-refractivity contribution in [3.63, 3.8) is 0 Å². The third-order valence-corrected chi connectivity index (χ3v) is 9.65. The molecular formula is C43H24N4O2. The maximum absolute atomic E-state index is 6.53. The molecule has 0 atom stereocenters. The fourth-order valence-electron chi connectivity index (χ4n) is 7.45. The molecule has 0 radical (unpaired) electrons. The lowest BCUT2D eigenvalue weighted by molar-refractivity contribution is 0.669. The van der Waals surface area contributed by atoms with Gasteiger partial charge < -0.3 is 8.83 Å². The van der Waals surface area contributed by atoms with E-state index in [1.165, 1.54) is 5.39 Å². The van der Waals surface area contributed by atoms with Crippen LogP contribution in [0.25, 0.3) is 105 Å². The summed E-state index contributed by atoms with van der Waals surface area (Å²) >= 11 is 0. The minimum Gasteiger partial charge on any atom is -0.456 e. The quantitative estimate of drug-likeness (QED) is 0.195. The van der Waals surface area contributed by atoms with E-state index in [0.717, 1.165) is 82.2 Å². The minimum absolute atomic E-state index is 0.535. The van der Waals surface area contributed by atoms with Crippen molar-refractivity contribution < 1.29 is 8.83 Å². The zero-order chi connectivity index (χ0) is 32.1. The van der Waals surface area contributed by atoms with Gasteiger partial charge in [-0.05, 0) is 59.3 Å². The largest absolute Gasteiger partial charge is 0.456 e. The van der Waals surface area contributed by atoms with E-state index in [2.05, 4.69) is 83.4 Å². The molecule has 0 saturated heterocycles. The molecule has 49 heavy (non-hydrogen) atoms. The minimum atomic E-state index is 0.535. The Balaban J connectivity index is 1.21. The van der Waals surface area contributed by atoms with Gasteiger partial charge in [0.2, 0.25) is 5.95 Å². The average Bonchev–Trinajstić information content (AvgIpc) is 3.84. The molecular weight excluding hydrogens is 604 g/mol. The van der Waals surface area contributed by atoms with Crippen molar-refractivity contribution in [1.82, 2.24) is 19.5 Å². The van der Waals surface area contributed by atoms with Gasteiger partial charge in [-0.2, -0.15) is 9.97 Å². The molecule has 0 fully saturated rings. The molecule has 11 rings (SSSR count). The summed E-state index contributed by atoms with van der Waals surface area (Å²) in [6.07, 6.45) is 0. The molecule has 0 aliphatic carbocycles. The Morgan fingerprint density at radius 2 is 1.12 bits per heavy atom. The van der Waals surface area contributed by atoms with Crippen LogP contribution in [0.5, 0.6) is 0 Å². The van der Waals surface area contributed by atoms with Gasteiger partial charge in [0.15, 0.2) is 11.6 Å². The summed E-state index contributed by atoms with van der Waals surface area (Å²) in [5.41, 5.74) is 7.15. The lowest BCUT2D eigenvalue weighted by Crippen LogP contribution is -2.06. The standard InChI is InChI=1S/C43H24N4O2/c1-2-11-26(12-3-1)41-44-42(27-19-22-36-32(24-27)38-28-13-5-4-10-25(28)18-23-37(38)48-36)46-43(45-41)47-33-16-8-6-15-31(33)39-34(47)21-20-30-29-14-7-9-17-35(29)49-40(30)39/h1-24H. The fraction of sp³-hybridized carbons (Fsp3) is 0. The second-order valence-corrected chi connectivity index (χ2v) is 12.4. The van der Waals surface area contributed by atoms with Crippen LogP contribution in [0.1, 0.15) is 0 Å². The van der Waals surface area contributed by atoms with Crippen LogP contribution in [0.2, 0.25) is 0 Å². The summed E-state index contributed by atoms with van der Waals surface area (Å²) in [4.78, 5) is 15.4. The van der Waals surface area contributed by atoms with Crippen molar-refractivity contribution in [3.8, 4) is 28.7 Å². The van der Waals surface area contributed by atoms with Crippen LogP contribution in [0.4, 0.5) is 0 Å². The Morgan fingerprint density at radius 3 is 2.02 bits per heavy atom. The first-order valence-electron chi connectivity index (χ1n) is 16.3. The van der Waals surface area contributed by atoms with Crippen molar-refractivity contribution in [3.05, 3.63) is 146 Å². The highest BCUT2D eigenvalue weighted by Gasteiger charge is 2.22. The predicted octanol–water partition coefficient (Wildman–Crippen LogP) is 11.3. The van der Waals surface area contributed by atoms with Crippen LogP contribution in [0, 0.1) is 0 Å². The lowest BCUT2D eigenvalue weighted by atomic mass is 10.0. The van der Waals surface area contributed by atoms with E-state index in [4.69, 9.17) is 23.8 Å². The fourth-order valence-corrected chi connectivity index (χ4v) is 7.45. The topological polar surface area (TPSA) is 69.9 Å². The number of furan rings is 2. The van der Waals surface area contributed by atoms with E-state index in [1.54, 1.807) is 0 Å². The second kappa shape index (κ2) is 9.86. The Hall–Kier alpha value is -6.79. The summed E-state index contributed by atoms with van der Waals surface area (Å²) in [6, 6.07) is 49.7. The number of benzene rings is 7. The number of nitrogens with zero attached hydrogens (tertiary/aromatic N) is 4. The smallest absolute Gasteiger partial charge is 0.238 e. The van der Waals surface area contributed by atoms with E-state index < -0.39 is 0 Å². The molecule has 0 amide bonds. The van der Waals surface area contributed by atoms with Gasteiger partial charge in [-0.25, -0.2) is 4.98 Å². The first-order valence-corrected chi connectivity index (χ1v) is 16.3. The monoisotopic (exact) mass is 628 g/mol. The van der Waals surface area contributed by atoms with Gasteiger partial charge in [0, 0.05) is 38.1 Å². The molecule has 0 aliphatic heterocycles. The van der Waals surface area contributed by atoms with Crippen molar-refractivity contribution >= 4 is 76.5 Å². The van der Waals surface area contributed by atoms with Gasteiger partial charge in [-0.3, -0.25) is 4.57 Å². The molecule has 0 saturated carbocycles. The van der Waals surface area contributed by atoms with Gasteiger partial charge >= 0.3 is 0 Å². The number of hydrogen-bond acceptors (Lipinski definition) is 5. The number of hydrogen-bond donors (Lipinski definition) is 0. The molecule has 0 N–H and O–H groups in total. The SMILES string of the molecule is c1ccc(-c2nc(-c3ccc4oc5ccc6ccccc6c5c4c3)nc(-n3c4ccccc4c4c5oc6ccccc6c5ccc43)n2)cc1. The van der Waals surface area contributed by atoms with Gasteiger partial charge in [0.1, 0.15) is 22.3 Å².